The van der Waals surface area contributed by atoms with Crippen LogP contribution in [0.4, 0.5) is 4.39 Å². The molecule has 1 amide bonds. The number of amides is 1. The fourth-order valence-electron chi connectivity index (χ4n) is 4.15. The second-order valence-corrected chi connectivity index (χ2v) is 7.74. The van der Waals surface area contributed by atoms with E-state index in [-0.39, 0.29) is 30.2 Å². The van der Waals surface area contributed by atoms with Crippen molar-refractivity contribution in [3.8, 4) is 0 Å². The molecule has 0 spiro atoms. The van der Waals surface area contributed by atoms with Crippen LogP contribution >= 0.6 is 0 Å². The Bertz CT molecular complexity index is 805. The van der Waals surface area contributed by atoms with Gasteiger partial charge in [-0.05, 0) is 41.3 Å². The van der Waals surface area contributed by atoms with Crippen LogP contribution in [-0.4, -0.2) is 74.3 Å². The van der Waals surface area contributed by atoms with Gasteiger partial charge in [0, 0.05) is 65.3 Å². The number of carbonyl (C=O) groups excluding carboxylic acids is 1. The van der Waals surface area contributed by atoms with E-state index < -0.39 is 0 Å². The number of rotatable bonds is 10. The molecule has 0 saturated carbocycles. The normalized spacial score (nSPS) is 19.2. The Morgan fingerprint density at radius 3 is 2.70 bits per heavy atom. The molecule has 1 saturated heterocycles. The topological polar surface area (TPSA) is 54.9 Å². The number of aromatic nitrogens is 1. The molecule has 0 aliphatic carbocycles. The SMILES string of the molecule is COCCN(CC1CN(Cc2ccncc2)CC1c1cccc(F)c1)C(=O)COC. The first-order chi connectivity index (χ1) is 14.6. The molecule has 2 atom stereocenters. The maximum Gasteiger partial charge on any atom is 0.248 e. The standard InChI is InChI=1S/C23H30FN3O3/c1-29-11-10-27(23(28)17-30-2)15-20-14-26(13-18-6-8-25-9-7-18)16-22(20)19-4-3-5-21(24)12-19/h3-9,12,20,22H,10-11,13-17H2,1-2H3. The van der Waals surface area contributed by atoms with Gasteiger partial charge in [0.05, 0.1) is 6.61 Å². The molecule has 2 heterocycles. The molecule has 2 unspecified atom stereocenters. The maximum atomic E-state index is 13.9. The van der Waals surface area contributed by atoms with Crippen molar-refractivity contribution in [2.24, 2.45) is 5.92 Å². The van der Waals surface area contributed by atoms with Gasteiger partial charge in [-0.2, -0.15) is 0 Å². The first kappa shape index (κ1) is 22.3. The Hall–Kier alpha value is -2.35. The molecule has 162 valence electrons. The van der Waals surface area contributed by atoms with Crippen LogP contribution in [-0.2, 0) is 20.8 Å². The number of ether oxygens (including phenoxy) is 2. The Balaban J connectivity index is 1.78. The highest BCUT2D eigenvalue weighted by Crippen LogP contribution is 2.34. The van der Waals surface area contributed by atoms with Crippen molar-refractivity contribution >= 4 is 5.91 Å². The lowest BCUT2D eigenvalue weighted by molar-refractivity contribution is -0.136. The molecule has 0 bridgehead atoms. The number of halogens is 1. The van der Waals surface area contributed by atoms with Crippen LogP contribution in [0.15, 0.2) is 48.8 Å². The van der Waals surface area contributed by atoms with Crippen LogP contribution in [0.3, 0.4) is 0 Å². The van der Waals surface area contributed by atoms with Crippen LogP contribution < -0.4 is 0 Å². The van der Waals surface area contributed by atoms with E-state index in [9.17, 15) is 9.18 Å². The first-order valence-corrected chi connectivity index (χ1v) is 10.2. The van der Waals surface area contributed by atoms with Crippen LogP contribution in [0, 0.1) is 11.7 Å². The number of pyridine rings is 1. The van der Waals surface area contributed by atoms with Crippen molar-refractivity contribution in [2.45, 2.75) is 12.5 Å². The van der Waals surface area contributed by atoms with E-state index in [1.54, 1.807) is 36.5 Å². The maximum absolute atomic E-state index is 13.9. The summed E-state index contributed by atoms with van der Waals surface area (Å²) in [7, 11) is 3.15. The molecule has 7 heteroatoms. The van der Waals surface area contributed by atoms with Gasteiger partial charge in [0.2, 0.25) is 5.91 Å². The zero-order valence-electron chi connectivity index (χ0n) is 17.7. The molecule has 6 nitrogen and oxygen atoms in total. The summed E-state index contributed by atoms with van der Waals surface area (Å²) in [6.45, 7) is 4.04. The number of carbonyl (C=O) groups is 1. The molecule has 0 N–H and O–H groups in total. The average molecular weight is 416 g/mol. The highest BCUT2D eigenvalue weighted by molar-refractivity contribution is 5.77. The summed E-state index contributed by atoms with van der Waals surface area (Å²) in [6.07, 6.45) is 3.59. The Labute approximate surface area is 177 Å². The summed E-state index contributed by atoms with van der Waals surface area (Å²) < 4.78 is 24.2. The van der Waals surface area contributed by atoms with Gasteiger partial charge >= 0.3 is 0 Å². The predicted octanol–water partition coefficient (Wildman–Crippen LogP) is 2.56. The smallest absolute Gasteiger partial charge is 0.248 e. The predicted molar refractivity (Wildman–Crippen MR) is 112 cm³/mol. The van der Waals surface area contributed by atoms with E-state index in [1.165, 1.54) is 18.7 Å². The number of benzene rings is 1. The van der Waals surface area contributed by atoms with Crippen LogP contribution in [0.2, 0.25) is 0 Å². The minimum absolute atomic E-state index is 0.0434. The van der Waals surface area contributed by atoms with E-state index in [0.717, 1.165) is 25.2 Å². The molecule has 1 aliphatic rings. The lowest BCUT2D eigenvalue weighted by Gasteiger charge is -2.28. The van der Waals surface area contributed by atoms with Crippen LogP contribution in [0.25, 0.3) is 0 Å². The zero-order chi connectivity index (χ0) is 21.3. The highest BCUT2D eigenvalue weighted by atomic mass is 19.1. The largest absolute Gasteiger partial charge is 0.383 e. The summed E-state index contributed by atoms with van der Waals surface area (Å²) in [6, 6.07) is 10.8. The van der Waals surface area contributed by atoms with E-state index in [2.05, 4.69) is 9.88 Å². The van der Waals surface area contributed by atoms with E-state index in [1.807, 2.05) is 18.2 Å². The lowest BCUT2D eigenvalue weighted by atomic mass is 9.88. The second-order valence-electron chi connectivity index (χ2n) is 7.74. The van der Waals surface area contributed by atoms with Gasteiger partial charge in [-0.1, -0.05) is 12.1 Å². The van der Waals surface area contributed by atoms with Crippen molar-refractivity contribution in [2.75, 3.05) is 53.6 Å². The third-order valence-electron chi connectivity index (χ3n) is 5.59. The zero-order valence-corrected chi connectivity index (χ0v) is 17.7. The fourth-order valence-corrected chi connectivity index (χ4v) is 4.15. The molecule has 1 aliphatic heterocycles. The van der Waals surface area contributed by atoms with E-state index >= 15 is 0 Å². The van der Waals surface area contributed by atoms with Gasteiger partial charge in [0.15, 0.2) is 0 Å². The molecular weight excluding hydrogens is 385 g/mol. The number of likely N-dealkylation sites (tertiary alicyclic amines) is 1. The number of nitrogens with zero attached hydrogens (tertiary/aromatic N) is 3. The summed E-state index contributed by atoms with van der Waals surface area (Å²) in [5.41, 5.74) is 2.17. The Kier molecular flexibility index (Phi) is 8.30. The minimum Gasteiger partial charge on any atom is -0.383 e. The average Bonchev–Trinajstić information content (AvgIpc) is 3.14. The van der Waals surface area contributed by atoms with E-state index in [0.29, 0.717) is 19.7 Å². The highest BCUT2D eigenvalue weighted by Gasteiger charge is 2.35. The first-order valence-electron chi connectivity index (χ1n) is 10.2. The van der Waals surface area contributed by atoms with Gasteiger partial charge in [-0.25, -0.2) is 4.39 Å². The molecule has 0 radical (unpaired) electrons. The molecule has 1 aromatic carbocycles. The number of methoxy groups -OCH3 is 2. The van der Waals surface area contributed by atoms with E-state index in [4.69, 9.17) is 9.47 Å². The lowest BCUT2D eigenvalue weighted by Crippen LogP contribution is -2.41. The summed E-state index contributed by atoms with van der Waals surface area (Å²) in [4.78, 5) is 20.8. The molecule has 3 rings (SSSR count). The summed E-state index contributed by atoms with van der Waals surface area (Å²) in [5.74, 6) is 0.0416. The van der Waals surface area contributed by atoms with Crippen molar-refractivity contribution in [1.29, 1.82) is 0 Å². The third-order valence-corrected chi connectivity index (χ3v) is 5.59. The summed E-state index contributed by atoms with van der Waals surface area (Å²) >= 11 is 0. The Morgan fingerprint density at radius 2 is 2.00 bits per heavy atom. The van der Waals surface area contributed by atoms with Crippen molar-refractivity contribution in [3.05, 3.63) is 65.7 Å². The molecular formula is C23H30FN3O3. The molecule has 1 aromatic heterocycles. The number of hydrogen-bond donors (Lipinski definition) is 0. The Morgan fingerprint density at radius 1 is 1.20 bits per heavy atom. The van der Waals surface area contributed by atoms with Crippen LogP contribution in [0.5, 0.6) is 0 Å². The molecule has 1 fully saturated rings. The molecule has 2 aromatic rings. The third kappa shape index (κ3) is 6.08. The number of hydrogen-bond acceptors (Lipinski definition) is 5. The van der Waals surface area contributed by atoms with Gasteiger partial charge in [0.1, 0.15) is 12.4 Å². The van der Waals surface area contributed by atoms with Crippen molar-refractivity contribution < 1.29 is 18.7 Å². The summed E-state index contributed by atoms with van der Waals surface area (Å²) in [5, 5.41) is 0. The van der Waals surface area contributed by atoms with Gasteiger partial charge in [-0.3, -0.25) is 14.7 Å². The van der Waals surface area contributed by atoms with Gasteiger partial charge < -0.3 is 14.4 Å². The van der Waals surface area contributed by atoms with Gasteiger partial charge in [-0.15, -0.1) is 0 Å². The second kappa shape index (κ2) is 11.2. The van der Waals surface area contributed by atoms with Crippen molar-refractivity contribution in [1.82, 2.24) is 14.8 Å². The minimum atomic E-state index is -0.231. The monoisotopic (exact) mass is 415 g/mol. The molecule has 30 heavy (non-hydrogen) atoms. The van der Waals surface area contributed by atoms with Crippen LogP contribution in [0.1, 0.15) is 17.0 Å². The fraction of sp³-hybridized carbons (Fsp3) is 0.478. The van der Waals surface area contributed by atoms with Crippen molar-refractivity contribution in [3.63, 3.8) is 0 Å². The van der Waals surface area contributed by atoms with Gasteiger partial charge in [0.25, 0.3) is 0 Å². The quantitative estimate of drug-likeness (QED) is 0.597.